The second-order valence-corrected chi connectivity index (χ2v) is 3.54. The molecule has 68 valence electrons. The van der Waals surface area contributed by atoms with E-state index < -0.39 is 0 Å². The van der Waals surface area contributed by atoms with E-state index in [0.29, 0.717) is 12.0 Å². The van der Waals surface area contributed by atoms with E-state index in [1.807, 2.05) is 6.92 Å². The maximum Gasteiger partial charge on any atom is 0.0518 e. The van der Waals surface area contributed by atoms with Crippen molar-refractivity contribution < 1.29 is 4.74 Å². The Bertz CT molecular complexity index is 91.6. The third-order valence-corrected chi connectivity index (χ3v) is 1.92. The fourth-order valence-corrected chi connectivity index (χ4v) is 0.753. The van der Waals surface area contributed by atoms with Gasteiger partial charge in [-0.15, -0.1) is 0 Å². The molecule has 0 saturated heterocycles. The van der Waals surface area contributed by atoms with Crippen LogP contribution in [0.25, 0.3) is 0 Å². The summed E-state index contributed by atoms with van der Waals surface area (Å²) in [5, 5.41) is 0. The summed E-state index contributed by atoms with van der Waals surface area (Å²) < 4.78 is 5.41. The first-order valence-electron chi connectivity index (χ1n) is 4.41. The van der Waals surface area contributed by atoms with Gasteiger partial charge in [-0.3, -0.25) is 0 Å². The van der Waals surface area contributed by atoms with Crippen LogP contribution in [0.5, 0.6) is 0 Å². The van der Waals surface area contributed by atoms with Gasteiger partial charge in [0, 0.05) is 12.6 Å². The molecule has 0 aliphatic heterocycles. The Kier molecular flexibility index (Phi) is 5.51. The van der Waals surface area contributed by atoms with Crippen molar-refractivity contribution in [3.05, 3.63) is 0 Å². The molecular weight excluding hydrogens is 138 g/mol. The lowest BCUT2D eigenvalue weighted by atomic mass is 10.0. The molecule has 0 saturated carbocycles. The molecule has 2 N–H and O–H groups in total. The van der Waals surface area contributed by atoms with Gasteiger partial charge in [-0.1, -0.05) is 6.92 Å². The minimum absolute atomic E-state index is 0.283. The van der Waals surface area contributed by atoms with E-state index in [1.54, 1.807) is 0 Å². The van der Waals surface area contributed by atoms with Gasteiger partial charge in [0.15, 0.2) is 0 Å². The Labute approximate surface area is 70.1 Å². The summed E-state index contributed by atoms with van der Waals surface area (Å²) in [5.41, 5.74) is 5.70. The Morgan fingerprint density at radius 3 is 2.09 bits per heavy atom. The Balaban J connectivity index is 3.24. The average Bonchev–Trinajstić information content (AvgIpc) is 1.86. The summed E-state index contributed by atoms with van der Waals surface area (Å²) in [4.78, 5) is 0. The highest BCUT2D eigenvalue weighted by Crippen LogP contribution is 2.06. The largest absolute Gasteiger partial charge is 0.379 e. The van der Waals surface area contributed by atoms with E-state index in [-0.39, 0.29) is 6.04 Å². The summed E-state index contributed by atoms with van der Waals surface area (Å²) >= 11 is 0. The summed E-state index contributed by atoms with van der Waals surface area (Å²) in [5.74, 6) is 0.564. The van der Waals surface area contributed by atoms with E-state index in [1.165, 1.54) is 0 Å². The summed E-state index contributed by atoms with van der Waals surface area (Å²) in [6.45, 7) is 9.14. The van der Waals surface area contributed by atoms with Gasteiger partial charge in [0.05, 0.1) is 6.10 Å². The molecule has 2 heteroatoms. The minimum Gasteiger partial charge on any atom is -0.379 e. The van der Waals surface area contributed by atoms with Gasteiger partial charge in [-0.25, -0.2) is 0 Å². The molecule has 0 aromatic carbocycles. The van der Waals surface area contributed by atoms with Gasteiger partial charge in [0.2, 0.25) is 0 Å². The molecule has 2 atom stereocenters. The van der Waals surface area contributed by atoms with Crippen molar-refractivity contribution in [1.82, 2.24) is 0 Å². The highest BCUT2D eigenvalue weighted by Gasteiger charge is 2.06. The zero-order valence-electron chi connectivity index (χ0n) is 8.13. The van der Waals surface area contributed by atoms with Crippen LogP contribution in [0.4, 0.5) is 0 Å². The predicted octanol–water partition coefficient (Wildman–Crippen LogP) is 1.78. The molecule has 0 amide bonds. The van der Waals surface area contributed by atoms with Gasteiger partial charge in [-0.2, -0.15) is 0 Å². The Hall–Kier alpha value is -0.0800. The highest BCUT2D eigenvalue weighted by atomic mass is 16.5. The van der Waals surface area contributed by atoms with Crippen LogP contribution >= 0.6 is 0 Å². The number of ether oxygens (including phenoxy) is 1. The molecule has 0 fully saturated rings. The smallest absolute Gasteiger partial charge is 0.0518 e. The van der Waals surface area contributed by atoms with Crippen LogP contribution in [0.15, 0.2) is 0 Å². The third kappa shape index (κ3) is 6.32. The number of hydrogen-bond donors (Lipinski definition) is 1. The molecule has 0 aliphatic rings. The second kappa shape index (κ2) is 5.56. The van der Waals surface area contributed by atoms with Gasteiger partial charge in [-0.05, 0) is 33.1 Å². The summed E-state index contributed by atoms with van der Waals surface area (Å²) in [6, 6.07) is 0.283. The van der Waals surface area contributed by atoms with Crippen molar-refractivity contribution in [2.45, 2.75) is 46.3 Å². The molecule has 11 heavy (non-hydrogen) atoms. The van der Waals surface area contributed by atoms with E-state index in [0.717, 1.165) is 13.0 Å². The van der Waals surface area contributed by atoms with Crippen molar-refractivity contribution in [3.63, 3.8) is 0 Å². The monoisotopic (exact) mass is 159 g/mol. The lowest BCUT2D eigenvalue weighted by molar-refractivity contribution is 0.0681. The van der Waals surface area contributed by atoms with Crippen molar-refractivity contribution in [3.8, 4) is 0 Å². The average molecular weight is 159 g/mol. The molecule has 0 heterocycles. The zero-order chi connectivity index (χ0) is 8.85. The summed E-state index contributed by atoms with van der Waals surface area (Å²) in [7, 11) is 0. The number of nitrogens with two attached hydrogens (primary N) is 1. The number of rotatable bonds is 5. The Morgan fingerprint density at radius 2 is 1.73 bits per heavy atom. The molecule has 0 aliphatic carbocycles. The first-order valence-corrected chi connectivity index (χ1v) is 4.41. The van der Waals surface area contributed by atoms with Crippen molar-refractivity contribution in [2.75, 3.05) is 6.61 Å². The van der Waals surface area contributed by atoms with Gasteiger partial charge in [0.25, 0.3) is 0 Å². The third-order valence-electron chi connectivity index (χ3n) is 1.92. The van der Waals surface area contributed by atoms with Crippen molar-refractivity contribution in [2.24, 2.45) is 11.7 Å². The lowest BCUT2D eigenvalue weighted by Crippen LogP contribution is -2.25. The molecule has 0 aromatic heterocycles. The minimum atomic E-state index is 0.283. The molecule has 2 nitrogen and oxygen atoms in total. The number of hydrogen-bond acceptors (Lipinski definition) is 2. The highest BCUT2D eigenvalue weighted by molar-refractivity contribution is 4.62. The first-order chi connectivity index (χ1) is 5.04. The lowest BCUT2D eigenvalue weighted by Gasteiger charge is -2.16. The van der Waals surface area contributed by atoms with E-state index in [9.17, 15) is 0 Å². The van der Waals surface area contributed by atoms with E-state index >= 15 is 0 Å². The van der Waals surface area contributed by atoms with Crippen LogP contribution in [-0.4, -0.2) is 18.8 Å². The van der Waals surface area contributed by atoms with Crippen LogP contribution in [0.2, 0.25) is 0 Å². The fraction of sp³-hybridized carbons (Fsp3) is 1.00. The molecule has 0 radical (unpaired) electrons. The van der Waals surface area contributed by atoms with E-state index in [2.05, 4.69) is 20.8 Å². The Morgan fingerprint density at radius 1 is 1.18 bits per heavy atom. The molecule has 0 rings (SSSR count). The van der Waals surface area contributed by atoms with E-state index in [4.69, 9.17) is 10.5 Å². The first kappa shape index (κ1) is 10.9. The molecule has 0 bridgehead atoms. The topological polar surface area (TPSA) is 35.2 Å². The van der Waals surface area contributed by atoms with Crippen molar-refractivity contribution >= 4 is 0 Å². The van der Waals surface area contributed by atoms with Crippen LogP contribution in [0, 0.1) is 5.92 Å². The van der Waals surface area contributed by atoms with Crippen LogP contribution in [0.3, 0.4) is 0 Å². The normalized spacial score (nSPS) is 16.9. The summed E-state index contributed by atoms with van der Waals surface area (Å²) in [6.07, 6.45) is 1.41. The predicted molar refractivity (Wildman–Crippen MR) is 48.5 cm³/mol. The second-order valence-electron chi connectivity index (χ2n) is 3.54. The maximum absolute atomic E-state index is 5.70. The quantitative estimate of drug-likeness (QED) is 0.663. The van der Waals surface area contributed by atoms with Crippen LogP contribution in [0.1, 0.15) is 34.1 Å². The fourth-order valence-electron chi connectivity index (χ4n) is 0.753. The van der Waals surface area contributed by atoms with Gasteiger partial charge >= 0.3 is 0 Å². The zero-order valence-corrected chi connectivity index (χ0v) is 8.13. The van der Waals surface area contributed by atoms with Crippen LogP contribution < -0.4 is 5.73 Å². The van der Waals surface area contributed by atoms with Gasteiger partial charge in [0.1, 0.15) is 0 Å². The molecular formula is C9H21NO. The van der Waals surface area contributed by atoms with Crippen molar-refractivity contribution in [1.29, 1.82) is 0 Å². The molecule has 0 aromatic rings. The maximum atomic E-state index is 5.70. The standard InChI is InChI=1S/C9H21NO/c1-7(2)11-6-5-8(3)9(4)10/h7-9H,5-6,10H2,1-4H3. The van der Waals surface area contributed by atoms with Crippen LogP contribution in [-0.2, 0) is 4.74 Å². The molecule has 2 unspecified atom stereocenters. The van der Waals surface area contributed by atoms with Gasteiger partial charge < -0.3 is 10.5 Å². The molecule has 0 spiro atoms. The SMILES string of the molecule is CC(C)OCCC(C)C(C)N.